The summed E-state index contributed by atoms with van der Waals surface area (Å²) in [5.41, 5.74) is 0. The number of nitrogens with zero attached hydrogens (tertiary/aromatic N) is 2. The van der Waals surface area contributed by atoms with E-state index < -0.39 is 0 Å². The zero-order valence-corrected chi connectivity index (χ0v) is 26.9. The average molecular weight is 540 g/mol. The number of hydrogen-bond donors (Lipinski definition) is 1. The molecular formula is C33H69N3O2. The van der Waals surface area contributed by atoms with Gasteiger partial charge in [-0.15, -0.1) is 0 Å². The number of nitrogens with one attached hydrogen (secondary N) is 1. The molecule has 0 radical (unpaired) electrons. The van der Waals surface area contributed by atoms with Crippen molar-refractivity contribution in [2.24, 2.45) is 0 Å². The Morgan fingerprint density at radius 3 is 1.26 bits per heavy atom. The highest BCUT2D eigenvalue weighted by atomic mass is 16.2. The first-order chi connectivity index (χ1) is 18.4. The van der Waals surface area contributed by atoms with E-state index in [2.05, 4.69) is 37.9 Å². The van der Waals surface area contributed by atoms with Crippen molar-refractivity contribution in [3.8, 4) is 0 Å². The molecule has 0 aromatic carbocycles. The molecule has 0 spiro atoms. The first-order valence-corrected chi connectivity index (χ1v) is 16.6. The largest absolute Gasteiger partial charge is 0.356 e. The summed E-state index contributed by atoms with van der Waals surface area (Å²) in [5.74, 6) is 0.309. The number of rotatable bonds is 20. The summed E-state index contributed by atoms with van der Waals surface area (Å²) in [5, 5.41) is 2.80. The van der Waals surface area contributed by atoms with Gasteiger partial charge in [0, 0.05) is 46.6 Å². The van der Waals surface area contributed by atoms with Gasteiger partial charge in [-0.1, -0.05) is 137 Å². The lowest BCUT2D eigenvalue weighted by atomic mass is 10.1. The molecule has 0 saturated carbocycles. The minimum Gasteiger partial charge on any atom is -0.356 e. The van der Waals surface area contributed by atoms with Crippen molar-refractivity contribution in [2.45, 2.75) is 164 Å². The Balaban J connectivity index is 0. The molecular weight excluding hydrogens is 470 g/mol. The molecule has 5 heteroatoms. The Hall–Kier alpha value is -1.10. The van der Waals surface area contributed by atoms with Gasteiger partial charge in [-0.2, -0.15) is 0 Å². The van der Waals surface area contributed by atoms with Gasteiger partial charge >= 0.3 is 0 Å². The van der Waals surface area contributed by atoms with Crippen LogP contribution in [0.25, 0.3) is 0 Å². The van der Waals surface area contributed by atoms with Crippen molar-refractivity contribution < 1.29 is 9.59 Å². The van der Waals surface area contributed by atoms with Crippen LogP contribution >= 0.6 is 0 Å². The number of carbonyl (C=O) groups excluding carboxylic acids is 2. The fraction of sp³-hybridized carbons (Fsp3) is 0.939. The monoisotopic (exact) mass is 540 g/mol. The molecule has 38 heavy (non-hydrogen) atoms. The van der Waals surface area contributed by atoms with Gasteiger partial charge in [0.2, 0.25) is 11.8 Å². The van der Waals surface area contributed by atoms with Crippen LogP contribution < -0.4 is 5.32 Å². The Morgan fingerprint density at radius 2 is 0.895 bits per heavy atom. The van der Waals surface area contributed by atoms with E-state index in [1.165, 1.54) is 122 Å². The first-order valence-electron chi connectivity index (χ1n) is 16.6. The van der Waals surface area contributed by atoms with Crippen LogP contribution in [-0.2, 0) is 9.59 Å². The van der Waals surface area contributed by atoms with Crippen LogP contribution in [0.3, 0.4) is 0 Å². The molecule has 0 atom stereocenters. The molecule has 1 heterocycles. The topological polar surface area (TPSA) is 52.7 Å². The number of unbranched alkanes of at least 4 members (excludes halogenated alkanes) is 16. The van der Waals surface area contributed by atoms with Crippen molar-refractivity contribution in [2.75, 3.05) is 39.3 Å². The number of hydrogen-bond acceptors (Lipinski definition) is 3. The second-order valence-corrected chi connectivity index (χ2v) is 11.1. The Bertz CT molecular complexity index is 483. The molecule has 0 aromatic heterocycles. The van der Waals surface area contributed by atoms with E-state index in [1.54, 1.807) is 13.8 Å². The lowest BCUT2D eigenvalue weighted by Crippen LogP contribution is -2.48. The van der Waals surface area contributed by atoms with Gasteiger partial charge in [0.25, 0.3) is 0 Å². The molecule has 228 valence electrons. The quantitative estimate of drug-likeness (QED) is 0.157. The maximum absolute atomic E-state index is 11.1. The molecule has 2 amide bonds. The Morgan fingerprint density at radius 1 is 0.526 bits per heavy atom. The minimum atomic E-state index is 0.0866. The molecule has 1 fully saturated rings. The first kappa shape index (κ1) is 39.0. The molecule has 0 aliphatic carbocycles. The maximum Gasteiger partial charge on any atom is 0.219 e. The molecule has 1 saturated heterocycles. The van der Waals surface area contributed by atoms with Crippen LogP contribution in [0, 0.1) is 0 Å². The standard InChI is InChI=1S/C12H24N2O.C11H24.C10H21NO/c1-3-4-5-6-7-13-8-10-14(11-9-13)12(2)15;1-3-5-7-9-11-10-8-6-4-2;1-3-4-5-6-7-8-9-11-10(2)12/h3-11H2,1-2H3;3-11H2,1-2H3;3-9H2,1-2H3,(H,11,12). The summed E-state index contributed by atoms with van der Waals surface area (Å²) in [4.78, 5) is 26.0. The predicted octanol–water partition coefficient (Wildman–Crippen LogP) is 8.75. The molecule has 1 N–H and O–H groups in total. The van der Waals surface area contributed by atoms with Crippen LogP contribution in [0.4, 0.5) is 0 Å². The van der Waals surface area contributed by atoms with E-state index in [0.29, 0.717) is 0 Å². The second-order valence-electron chi connectivity index (χ2n) is 11.1. The number of piperazine rings is 1. The summed E-state index contributed by atoms with van der Waals surface area (Å²) < 4.78 is 0. The smallest absolute Gasteiger partial charge is 0.219 e. The van der Waals surface area contributed by atoms with E-state index in [1.807, 2.05) is 4.90 Å². The maximum atomic E-state index is 11.1. The van der Waals surface area contributed by atoms with Gasteiger partial charge in [-0.3, -0.25) is 14.5 Å². The van der Waals surface area contributed by atoms with Crippen LogP contribution in [0.5, 0.6) is 0 Å². The van der Waals surface area contributed by atoms with Crippen molar-refractivity contribution in [3.63, 3.8) is 0 Å². The minimum absolute atomic E-state index is 0.0866. The van der Waals surface area contributed by atoms with E-state index in [-0.39, 0.29) is 11.8 Å². The SMILES string of the molecule is CCCCCCCCCCC.CCCCCCCCNC(C)=O.CCCCCCN1CCN(C(C)=O)CC1. The van der Waals surface area contributed by atoms with E-state index >= 15 is 0 Å². The fourth-order valence-corrected chi connectivity index (χ4v) is 4.60. The zero-order chi connectivity index (χ0) is 28.7. The Kier molecular flexibility index (Phi) is 33.0. The van der Waals surface area contributed by atoms with Gasteiger partial charge in [0.1, 0.15) is 0 Å². The third-order valence-electron chi connectivity index (χ3n) is 7.26. The molecule has 0 bridgehead atoms. The van der Waals surface area contributed by atoms with Crippen molar-refractivity contribution >= 4 is 11.8 Å². The van der Waals surface area contributed by atoms with E-state index in [0.717, 1.165) is 39.1 Å². The van der Waals surface area contributed by atoms with Gasteiger partial charge in [0.05, 0.1) is 0 Å². The summed E-state index contributed by atoms with van der Waals surface area (Å²) in [6.45, 7) is 18.3. The van der Waals surface area contributed by atoms with Crippen LogP contribution in [0.1, 0.15) is 164 Å². The number of amides is 2. The van der Waals surface area contributed by atoms with Gasteiger partial charge in [-0.25, -0.2) is 0 Å². The molecule has 1 aliphatic heterocycles. The van der Waals surface area contributed by atoms with E-state index in [9.17, 15) is 9.59 Å². The summed E-state index contributed by atoms with van der Waals surface area (Å²) in [6, 6.07) is 0. The van der Waals surface area contributed by atoms with Crippen molar-refractivity contribution in [3.05, 3.63) is 0 Å². The Labute approximate surface area is 239 Å². The second kappa shape index (κ2) is 32.1. The summed E-state index contributed by atoms with van der Waals surface area (Å²) in [7, 11) is 0. The predicted molar refractivity (Wildman–Crippen MR) is 168 cm³/mol. The lowest BCUT2D eigenvalue weighted by Gasteiger charge is -2.34. The normalized spacial score (nSPS) is 13.3. The van der Waals surface area contributed by atoms with Crippen molar-refractivity contribution in [1.82, 2.24) is 15.1 Å². The molecule has 0 unspecified atom stereocenters. The highest BCUT2D eigenvalue weighted by Crippen LogP contribution is 2.09. The number of carbonyl (C=O) groups is 2. The van der Waals surface area contributed by atoms with Gasteiger partial charge in [-0.05, 0) is 19.4 Å². The van der Waals surface area contributed by atoms with Gasteiger partial charge in [0.15, 0.2) is 0 Å². The highest BCUT2D eigenvalue weighted by Gasteiger charge is 2.17. The molecule has 0 aromatic rings. The third kappa shape index (κ3) is 31.1. The third-order valence-corrected chi connectivity index (χ3v) is 7.26. The molecule has 1 rings (SSSR count). The average Bonchev–Trinajstić information content (AvgIpc) is 2.91. The summed E-state index contributed by atoms with van der Waals surface area (Å²) >= 11 is 0. The fourth-order valence-electron chi connectivity index (χ4n) is 4.60. The highest BCUT2D eigenvalue weighted by molar-refractivity contribution is 5.73. The lowest BCUT2D eigenvalue weighted by molar-refractivity contribution is -0.130. The summed E-state index contributed by atoms with van der Waals surface area (Å²) in [6.07, 6.45) is 26.0. The molecule has 1 aliphatic rings. The van der Waals surface area contributed by atoms with Crippen LogP contribution in [-0.4, -0.2) is 60.9 Å². The van der Waals surface area contributed by atoms with Crippen LogP contribution in [0.2, 0.25) is 0 Å². The van der Waals surface area contributed by atoms with Crippen molar-refractivity contribution in [1.29, 1.82) is 0 Å². The molecule has 5 nitrogen and oxygen atoms in total. The van der Waals surface area contributed by atoms with Gasteiger partial charge < -0.3 is 10.2 Å². The zero-order valence-electron chi connectivity index (χ0n) is 26.9. The van der Waals surface area contributed by atoms with Crippen LogP contribution in [0.15, 0.2) is 0 Å². The van der Waals surface area contributed by atoms with E-state index in [4.69, 9.17) is 0 Å².